The Labute approximate surface area is 122 Å². The highest BCUT2D eigenvalue weighted by Crippen LogP contribution is 2.26. The zero-order valence-electron chi connectivity index (χ0n) is 11.8. The minimum Gasteiger partial charge on any atom is -0.368 e. The largest absolute Gasteiger partial charge is 0.368 e. The van der Waals surface area contributed by atoms with Crippen molar-refractivity contribution in [1.82, 2.24) is 4.90 Å². The standard InChI is InChI=1S/C14H18FN3O3/c1-10(14(19)17-7-3-2-4-8-17)16-12-6-5-11(15)9-13(12)18(20)21/h5-6,9-10,16H,2-4,7-8H2,1H3. The van der Waals surface area contributed by atoms with E-state index in [4.69, 9.17) is 0 Å². The van der Waals surface area contributed by atoms with Crippen molar-refractivity contribution in [3.63, 3.8) is 0 Å². The van der Waals surface area contributed by atoms with Gasteiger partial charge in [0, 0.05) is 13.1 Å². The van der Waals surface area contributed by atoms with Crippen molar-refractivity contribution < 1.29 is 14.1 Å². The Balaban J connectivity index is 2.10. The molecular weight excluding hydrogens is 277 g/mol. The van der Waals surface area contributed by atoms with Gasteiger partial charge in [0.2, 0.25) is 5.91 Å². The first-order valence-corrected chi connectivity index (χ1v) is 6.98. The van der Waals surface area contributed by atoms with Crippen LogP contribution in [0.2, 0.25) is 0 Å². The Bertz CT molecular complexity index is 544. The molecule has 1 aliphatic rings. The number of hydrogen-bond donors (Lipinski definition) is 1. The van der Waals surface area contributed by atoms with Crippen LogP contribution < -0.4 is 5.32 Å². The van der Waals surface area contributed by atoms with Crippen LogP contribution in [0.1, 0.15) is 26.2 Å². The first kappa shape index (κ1) is 15.2. The number of hydrogen-bond acceptors (Lipinski definition) is 4. The van der Waals surface area contributed by atoms with E-state index in [1.807, 2.05) is 0 Å². The lowest BCUT2D eigenvalue weighted by molar-refractivity contribution is -0.384. The average molecular weight is 295 g/mol. The molecule has 21 heavy (non-hydrogen) atoms. The molecule has 1 aliphatic heterocycles. The molecular formula is C14H18FN3O3. The Morgan fingerprint density at radius 2 is 2.05 bits per heavy atom. The number of nitro groups is 1. The number of amides is 1. The molecule has 0 saturated carbocycles. The summed E-state index contributed by atoms with van der Waals surface area (Å²) in [5.41, 5.74) is -0.215. The van der Waals surface area contributed by atoms with Gasteiger partial charge in [0.15, 0.2) is 0 Å². The molecule has 1 aromatic carbocycles. The second kappa shape index (κ2) is 6.51. The third kappa shape index (κ3) is 3.68. The van der Waals surface area contributed by atoms with E-state index in [9.17, 15) is 19.3 Å². The number of rotatable bonds is 4. The van der Waals surface area contributed by atoms with E-state index >= 15 is 0 Å². The van der Waals surface area contributed by atoms with E-state index in [0.29, 0.717) is 0 Å². The summed E-state index contributed by atoms with van der Waals surface area (Å²) in [4.78, 5) is 24.3. The molecule has 0 radical (unpaired) electrons. The van der Waals surface area contributed by atoms with Crippen LogP contribution in [-0.4, -0.2) is 34.9 Å². The fraction of sp³-hybridized carbons (Fsp3) is 0.500. The van der Waals surface area contributed by atoms with Gasteiger partial charge in [0.05, 0.1) is 11.0 Å². The number of piperidine rings is 1. The van der Waals surface area contributed by atoms with Gasteiger partial charge in [-0.25, -0.2) is 4.39 Å². The summed E-state index contributed by atoms with van der Waals surface area (Å²) in [7, 11) is 0. The Morgan fingerprint density at radius 1 is 1.38 bits per heavy atom. The second-order valence-corrected chi connectivity index (χ2v) is 5.17. The zero-order valence-corrected chi connectivity index (χ0v) is 11.8. The van der Waals surface area contributed by atoms with E-state index in [1.54, 1.807) is 11.8 Å². The summed E-state index contributed by atoms with van der Waals surface area (Å²) in [6.07, 6.45) is 3.08. The second-order valence-electron chi connectivity index (χ2n) is 5.17. The lowest BCUT2D eigenvalue weighted by Gasteiger charge is -2.29. The third-order valence-electron chi connectivity index (χ3n) is 3.57. The van der Waals surface area contributed by atoms with Gasteiger partial charge in [0.25, 0.3) is 5.69 Å². The van der Waals surface area contributed by atoms with Crippen molar-refractivity contribution in [2.45, 2.75) is 32.2 Å². The molecule has 0 aromatic heterocycles. The van der Waals surface area contributed by atoms with Gasteiger partial charge in [0.1, 0.15) is 17.5 Å². The first-order valence-electron chi connectivity index (χ1n) is 6.98. The number of nitrogens with zero attached hydrogens (tertiary/aromatic N) is 2. The van der Waals surface area contributed by atoms with Gasteiger partial charge in [-0.05, 0) is 38.3 Å². The number of nitrogens with one attached hydrogen (secondary N) is 1. The molecule has 1 heterocycles. The number of anilines is 1. The summed E-state index contributed by atoms with van der Waals surface area (Å²) in [5, 5.41) is 13.7. The Kier molecular flexibility index (Phi) is 4.72. The van der Waals surface area contributed by atoms with Gasteiger partial charge in [-0.3, -0.25) is 14.9 Å². The van der Waals surface area contributed by atoms with Crippen molar-refractivity contribution in [1.29, 1.82) is 0 Å². The predicted molar refractivity (Wildman–Crippen MR) is 76.6 cm³/mol. The van der Waals surface area contributed by atoms with Crippen LogP contribution in [0, 0.1) is 15.9 Å². The van der Waals surface area contributed by atoms with Gasteiger partial charge in [-0.15, -0.1) is 0 Å². The fourth-order valence-electron chi connectivity index (χ4n) is 2.46. The van der Waals surface area contributed by atoms with E-state index in [2.05, 4.69) is 5.32 Å². The van der Waals surface area contributed by atoms with Crippen LogP contribution in [0.15, 0.2) is 18.2 Å². The highest BCUT2D eigenvalue weighted by molar-refractivity contribution is 5.85. The van der Waals surface area contributed by atoms with Gasteiger partial charge in [-0.1, -0.05) is 0 Å². The molecule has 2 rings (SSSR count). The molecule has 1 saturated heterocycles. The van der Waals surface area contributed by atoms with Crippen molar-refractivity contribution in [2.75, 3.05) is 18.4 Å². The SMILES string of the molecule is CC(Nc1ccc(F)cc1[N+](=O)[O-])C(=O)N1CCCCC1. The van der Waals surface area contributed by atoms with Gasteiger partial charge in [-0.2, -0.15) is 0 Å². The molecule has 1 aromatic rings. The molecule has 1 N–H and O–H groups in total. The molecule has 1 amide bonds. The molecule has 1 fully saturated rings. The lowest BCUT2D eigenvalue weighted by Crippen LogP contribution is -2.43. The molecule has 114 valence electrons. The molecule has 0 aliphatic carbocycles. The molecule has 0 spiro atoms. The summed E-state index contributed by atoms with van der Waals surface area (Å²) in [6.45, 7) is 3.09. The van der Waals surface area contributed by atoms with Crippen LogP contribution >= 0.6 is 0 Å². The van der Waals surface area contributed by atoms with Crippen molar-refractivity contribution >= 4 is 17.3 Å². The Hall–Kier alpha value is -2.18. The summed E-state index contributed by atoms with van der Waals surface area (Å²) in [5.74, 6) is -0.768. The number of carbonyl (C=O) groups excluding carboxylic acids is 1. The van der Waals surface area contributed by atoms with Crippen molar-refractivity contribution in [2.24, 2.45) is 0 Å². The first-order chi connectivity index (χ1) is 9.99. The molecule has 0 bridgehead atoms. The maximum Gasteiger partial charge on any atom is 0.295 e. The Morgan fingerprint density at radius 3 is 2.67 bits per heavy atom. The number of likely N-dealkylation sites (tertiary alicyclic amines) is 1. The summed E-state index contributed by atoms with van der Waals surface area (Å²) in [6, 6.07) is 2.67. The highest BCUT2D eigenvalue weighted by atomic mass is 19.1. The number of benzene rings is 1. The topological polar surface area (TPSA) is 75.5 Å². The summed E-state index contributed by atoms with van der Waals surface area (Å²) >= 11 is 0. The van der Waals surface area contributed by atoms with Crippen LogP contribution in [-0.2, 0) is 4.79 Å². The summed E-state index contributed by atoms with van der Waals surface area (Å²) < 4.78 is 13.1. The van der Waals surface area contributed by atoms with Gasteiger partial charge >= 0.3 is 0 Å². The maximum absolute atomic E-state index is 13.1. The number of halogens is 1. The smallest absolute Gasteiger partial charge is 0.295 e. The normalized spacial score (nSPS) is 16.4. The molecule has 6 nitrogen and oxygen atoms in total. The molecule has 1 unspecified atom stereocenters. The van der Waals surface area contributed by atoms with E-state index in [1.165, 1.54) is 6.07 Å². The fourth-order valence-corrected chi connectivity index (χ4v) is 2.46. The van der Waals surface area contributed by atoms with Gasteiger partial charge < -0.3 is 10.2 Å². The van der Waals surface area contributed by atoms with Crippen LogP contribution in [0.25, 0.3) is 0 Å². The minimum atomic E-state index is -0.678. The monoisotopic (exact) mass is 295 g/mol. The molecule has 7 heteroatoms. The highest BCUT2D eigenvalue weighted by Gasteiger charge is 2.24. The van der Waals surface area contributed by atoms with Crippen LogP contribution in [0.3, 0.4) is 0 Å². The maximum atomic E-state index is 13.1. The number of nitro benzene ring substituents is 1. The van der Waals surface area contributed by atoms with Crippen LogP contribution in [0.4, 0.5) is 15.8 Å². The zero-order chi connectivity index (χ0) is 15.4. The molecule has 1 atom stereocenters. The van der Waals surface area contributed by atoms with E-state index in [-0.39, 0.29) is 17.3 Å². The van der Waals surface area contributed by atoms with E-state index in [0.717, 1.165) is 44.5 Å². The third-order valence-corrected chi connectivity index (χ3v) is 3.57. The van der Waals surface area contributed by atoms with Crippen LogP contribution in [0.5, 0.6) is 0 Å². The van der Waals surface area contributed by atoms with E-state index < -0.39 is 16.8 Å². The van der Waals surface area contributed by atoms with Crippen molar-refractivity contribution in [3.05, 3.63) is 34.1 Å². The van der Waals surface area contributed by atoms with Crippen molar-refractivity contribution in [3.8, 4) is 0 Å². The quantitative estimate of drug-likeness (QED) is 0.684. The minimum absolute atomic E-state index is 0.0895. The lowest BCUT2D eigenvalue weighted by atomic mass is 10.1. The average Bonchev–Trinajstić information content (AvgIpc) is 2.49. The number of carbonyl (C=O) groups is 1. The predicted octanol–water partition coefficient (Wildman–Crippen LogP) is 2.55.